The molecule has 0 radical (unpaired) electrons. The Morgan fingerprint density at radius 1 is 1.41 bits per heavy atom. The molecule has 0 aliphatic carbocycles. The standard InChI is InChI=1S/C13H15N3S/c1-9-6-15-16(7-9)8-12-4-3-11(13(14)17)5-10(12)2/h3-7H,8H2,1-2H3,(H2,14,17). The molecular weight excluding hydrogens is 230 g/mol. The van der Waals surface area contributed by atoms with Crippen LogP contribution in [0.4, 0.5) is 0 Å². The maximum absolute atomic E-state index is 5.60. The summed E-state index contributed by atoms with van der Waals surface area (Å²) < 4.78 is 1.93. The summed E-state index contributed by atoms with van der Waals surface area (Å²) in [6.45, 7) is 4.87. The zero-order chi connectivity index (χ0) is 12.4. The van der Waals surface area contributed by atoms with Gasteiger partial charge in [-0.25, -0.2) is 0 Å². The molecule has 3 nitrogen and oxygen atoms in total. The van der Waals surface area contributed by atoms with E-state index in [0.717, 1.165) is 12.1 Å². The molecule has 0 spiro atoms. The molecule has 0 unspecified atom stereocenters. The highest BCUT2D eigenvalue weighted by Gasteiger charge is 2.03. The Bertz CT molecular complexity index is 558. The minimum Gasteiger partial charge on any atom is -0.389 e. The van der Waals surface area contributed by atoms with Crippen molar-refractivity contribution in [1.82, 2.24) is 9.78 Å². The zero-order valence-corrected chi connectivity index (χ0v) is 10.8. The molecule has 0 saturated heterocycles. The molecule has 2 rings (SSSR count). The lowest BCUT2D eigenvalue weighted by molar-refractivity contribution is 0.683. The lowest BCUT2D eigenvalue weighted by Crippen LogP contribution is -2.10. The van der Waals surface area contributed by atoms with Crippen molar-refractivity contribution in [2.45, 2.75) is 20.4 Å². The Kier molecular flexibility index (Phi) is 3.24. The summed E-state index contributed by atoms with van der Waals surface area (Å²) in [4.78, 5) is 0.439. The maximum Gasteiger partial charge on any atom is 0.103 e. The van der Waals surface area contributed by atoms with E-state index in [1.165, 1.54) is 16.7 Å². The number of rotatable bonds is 3. The highest BCUT2D eigenvalue weighted by molar-refractivity contribution is 7.80. The van der Waals surface area contributed by atoms with Gasteiger partial charge in [0.2, 0.25) is 0 Å². The van der Waals surface area contributed by atoms with Crippen LogP contribution in [0.15, 0.2) is 30.6 Å². The summed E-state index contributed by atoms with van der Waals surface area (Å²) in [6.07, 6.45) is 3.89. The van der Waals surface area contributed by atoms with Crippen LogP contribution in [0.5, 0.6) is 0 Å². The van der Waals surface area contributed by atoms with Gasteiger partial charge in [-0.1, -0.05) is 24.4 Å². The molecule has 0 saturated carbocycles. The largest absolute Gasteiger partial charge is 0.389 e. The van der Waals surface area contributed by atoms with Crippen molar-refractivity contribution in [3.63, 3.8) is 0 Å². The van der Waals surface area contributed by atoms with Gasteiger partial charge in [0, 0.05) is 11.8 Å². The molecule has 1 heterocycles. The number of thiocarbonyl (C=S) groups is 1. The Labute approximate surface area is 106 Å². The Hall–Kier alpha value is -1.68. The van der Waals surface area contributed by atoms with E-state index in [9.17, 15) is 0 Å². The van der Waals surface area contributed by atoms with Gasteiger partial charge in [0.25, 0.3) is 0 Å². The van der Waals surface area contributed by atoms with Gasteiger partial charge in [-0.15, -0.1) is 0 Å². The first-order valence-electron chi connectivity index (χ1n) is 5.44. The summed E-state index contributed by atoms with van der Waals surface area (Å²) in [7, 11) is 0. The van der Waals surface area contributed by atoms with Crippen LogP contribution in [0.25, 0.3) is 0 Å². The topological polar surface area (TPSA) is 43.8 Å². The summed E-state index contributed by atoms with van der Waals surface area (Å²) in [6, 6.07) is 6.04. The van der Waals surface area contributed by atoms with Gasteiger partial charge in [-0.2, -0.15) is 5.10 Å². The number of hydrogen-bond donors (Lipinski definition) is 1. The fourth-order valence-electron chi connectivity index (χ4n) is 1.75. The molecule has 2 aromatic rings. The molecule has 0 atom stereocenters. The van der Waals surface area contributed by atoms with Gasteiger partial charge in [-0.3, -0.25) is 4.68 Å². The van der Waals surface area contributed by atoms with E-state index in [1.54, 1.807) is 0 Å². The third-order valence-corrected chi connectivity index (χ3v) is 2.96. The molecule has 0 fully saturated rings. The van der Waals surface area contributed by atoms with Crippen LogP contribution >= 0.6 is 12.2 Å². The van der Waals surface area contributed by atoms with Crippen molar-refractivity contribution in [2.75, 3.05) is 0 Å². The van der Waals surface area contributed by atoms with Gasteiger partial charge in [0.15, 0.2) is 0 Å². The predicted octanol–water partition coefficient (Wildman–Crippen LogP) is 2.18. The first-order chi connectivity index (χ1) is 8.06. The molecule has 17 heavy (non-hydrogen) atoms. The number of aromatic nitrogens is 2. The Morgan fingerprint density at radius 3 is 2.71 bits per heavy atom. The van der Waals surface area contributed by atoms with Crippen molar-refractivity contribution in [1.29, 1.82) is 0 Å². The van der Waals surface area contributed by atoms with E-state index >= 15 is 0 Å². The maximum atomic E-state index is 5.60. The molecule has 0 aliphatic rings. The fourth-order valence-corrected chi connectivity index (χ4v) is 1.88. The van der Waals surface area contributed by atoms with Crippen molar-refractivity contribution in [3.05, 3.63) is 52.8 Å². The van der Waals surface area contributed by atoms with E-state index in [2.05, 4.69) is 18.1 Å². The second-order valence-corrected chi connectivity index (χ2v) is 4.66. The second-order valence-electron chi connectivity index (χ2n) is 4.22. The number of nitrogens with zero attached hydrogens (tertiary/aromatic N) is 2. The van der Waals surface area contributed by atoms with E-state index in [0.29, 0.717) is 4.99 Å². The van der Waals surface area contributed by atoms with Crippen molar-refractivity contribution >= 4 is 17.2 Å². The minimum absolute atomic E-state index is 0.439. The Balaban J connectivity index is 2.25. The van der Waals surface area contributed by atoms with Gasteiger partial charge >= 0.3 is 0 Å². The van der Waals surface area contributed by atoms with Crippen molar-refractivity contribution in [3.8, 4) is 0 Å². The third-order valence-electron chi connectivity index (χ3n) is 2.72. The van der Waals surface area contributed by atoms with Gasteiger partial charge in [-0.05, 0) is 36.6 Å². The molecule has 0 bridgehead atoms. The summed E-state index contributed by atoms with van der Waals surface area (Å²) in [5.74, 6) is 0. The highest BCUT2D eigenvalue weighted by Crippen LogP contribution is 2.12. The van der Waals surface area contributed by atoms with E-state index < -0.39 is 0 Å². The monoisotopic (exact) mass is 245 g/mol. The lowest BCUT2D eigenvalue weighted by atomic mass is 10.1. The summed E-state index contributed by atoms with van der Waals surface area (Å²) in [5.41, 5.74) is 10.1. The Morgan fingerprint density at radius 2 is 2.18 bits per heavy atom. The van der Waals surface area contributed by atoms with Crippen molar-refractivity contribution in [2.24, 2.45) is 5.73 Å². The average Bonchev–Trinajstić information content (AvgIpc) is 2.67. The number of aryl methyl sites for hydroxylation is 2. The SMILES string of the molecule is Cc1cnn(Cc2ccc(C(N)=S)cc2C)c1. The van der Waals surface area contributed by atoms with Crippen LogP contribution < -0.4 is 5.73 Å². The number of hydrogen-bond acceptors (Lipinski definition) is 2. The van der Waals surface area contributed by atoms with E-state index in [-0.39, 0.29) is 0 Å². The fraction of sp³-hybridized carbons (Fsp3) is 0.231. The third kappa shape index (κ3) is 2.71. The lowest BCUT2D eigenvalue weighted by Gasteiger charge is -2.08. The quantitative estimate of drug-likeness (QED) is 0.843. The van der Waals surface area contributed by atoms with Crippen molar-refractivity contribution < 1.29 is 0 Å². The van der Waals surface area contributed by atoms with Crippen LogP contribution in [0.2, 0.25) is 0 Å². The molecular formula is C13H15N3S. The first-order valence-corrected chi connectivity index (χ1v) is 5.85. The predicted molar refractivity (Wildman–Crippen MR) is 73.1 cm³/mol. The first kappa shape index (κ1) is 11.8. The zero-order valence-electron chi connectivity index (χ0n) is 9.97. The molecule has 4 heteroatoms. The number of benzene rings is 1. The molecule has 1 aromatic heterocycles. The second kappa shape index (κ2) is 4.67. The van der Waals surface area contributed by atoms with Gasteiger partial charge in [0.1, 0.15) is 4.99 Å². The van der Waals surface area contributed by atoms with Crippen LogP contribution in [0.1, 0.15) is 22.3 Å². The minimum atomic E-state index is 0.439. The van der Waals surface area contributed by atoms with Crippen LogP contribution in [0.3, 0.4) is 0 Å². The summed E-state index contributed by atoms with van der Waals surface area (Å²) in [5, 5.41) is 4.28. The number of nitrogens with two attached hydrogens (primary N) is 1. The molecule has 0 amide bonds. The van der Waals surface area contributed by atoms with E-state index in [4.69, 9.17) is 18.0 Å². The van der Waals surface area contributed by atoms with Crippen LogP contribution in [0, 0.1) is 13.8 Å². The molecule has 2 N–H and O–H groups in total. The van der Waals surface area contributed by atoms with Crippen LogP contribution in [-0.4, -0.2) is 14.8 Å². The normalized spacial score (nSPS) is 10.5. The summed E-state index contributed by atoms with van der Waals surface area (Å²) >= 11 is 4.96. The highest BCUT2D eigenvalue weighted by atomic mass is 32.1. The molecule has 1 aromatic carbocycles. The van der Waals surface area contributed by atoms with E-state index in [1.807, 2.05) is 36.1 Å². The van der Waals surface area contributed by atoms with Gasteiger partial charge < -0.3 is 5.73 Å². The smallest absolute Gasteiger partial charge is 0.103 e. The molecule has 0 aliphatic heterocycles. The molecule has 88 valence electrons. The average molecular weight is 245 g/mol. The van der Waals surface area contributed by atoms with Crippen LogP contribution in [-0.2, 0) is 6.54 Å². The van der Waals surface area contributed by atoms with Gasteiger partial charge in [0.05, 0.1) is 12.7 Å².